The smallest absolute Gasteiger partial charge is 0.213 e. The number of aliphatic hydroxyl groups excluding tert-OH is 1. The molecule has 1 fully saturated rings. The summed E-state index contributed by atoms with van der Waals surface area (Å²) in [6, 6.07) is 0. The van der Waals surface area contributed by atoms with Crippen LogP contribution in [0.1, 0.15) is 26.2 Å². The Kier molecular flexibility index (Phi) is 3.92. The Bertz CT molecular complexity index is 276. The van der Waals surface area contributed by atoms with E-state index in [1.165, 1.54) is 4.31 Å². The van der Waals surface area contributed by atoms with Gasteiger partial charge in [0.05, 0.1) is 11.9 Å². The standard InChI is InChI=1S/C9H19NO3S/c1-3-14(12,13)10(2)7-8-5-4-6-9(8)11/h8-9,11H,3-7H2,1-2H3. The molecule has 1 aliphatic carbocycles. The third-order valence-electron chi connectivity index (χ3n) is 2.95. The number of sulfonamides is 1. The minimum Gasteiger partial charge on any atom is -0.393 e. The van der Waals surface area contributed by atoms with Gasteiger partial charge in [-0.1, -0.05) is 6.42 Å². The topological polar surface area (TPSA) is 57.6 Å². The summed E-state index contributed by atoms with van der Waals surface area (Å²) in [6.45, 7) is 2.09. The van der Waals surface area contributed by atoms with Crippen LogP contribution in [0.25, 0.3) is 0 Å². The number of nitrogens with zero attached hydrogens (tertiary/aromatic N) is 1. The summed E-state index contributed by atoms with van der Waals surface area (Å²) < 4.78 is 24.2. The predicted octanol–water partition coefficient (Wildman–Crippen LogP) is 0.429. The monoisotopic (exact) mass is 221 g/mol. The summed E-state index contributed by atoms with van der Waals surface area (Å²) in [5.74, 6) is 0.257. The van der Waals surface area contributed by atoms with E-state index in [1.54, 1.807) is 14.0 Å². The predicted molar refractivity (Wildman–Crippen MR) is 55.4 cm³/mol. The van der Waals surface area contributed by atoms with Gasteiger partial charge in [0.25, 0.3) is 0 Å². The van der Waals surface area contributed by atoms with Crippen molar-refractivity contribution in [2.75, 3.05) is 19.3 Å². The van der Waals surface area contributed by atoms with Crippen molar-refractivity contribution in [3.05, 3.63) is 0 Å². The molecule has 0 aromatic carbocycles. The van der Waals surface area contributed by atoms with Crippen LogP contribution in [0.2, 0.25) is 0 Å². The molecule has 1 saturated carbocycles. The molecule has 1 N–H and O–H groups in total. The lowest BCUT2D eigenvalue weighted by atomic mass is 10.1. The van der Waals surface area contributed by atoms with Crippen LogP contribution in [0.15, 0.2) is 0 Å². The van der Waals surface area contributed by atoms with Crippen molar-refractivity contribution in [2.45, 2.75) is 32.3 Å². The number of rotatable bonds is 4. The maximum absolute atomic E-state index is 11.4. The van der Waals surface area contributed by atoms with Crippen LogP contribution >= 0.6 is 0 Å². The summed E-state index contributed by atoms with van der Waals surface area (Å²) in [5, 5.41) is 9.55. The molecule has 0 aromatic heterocycles. The third-order valence-corrected chi connectivity index (χ3v) is 4.78. The zero-order valence-electron chi connectivity index (χ0n) is 8.81. The normalized spacial score (nSPS) is 28.6. The number of hydrogen-bond acceptors (Lipinski definition) is 3. The van der Waals surface area contributed by atoms with Gasteiger partial charge < -0.3 is 5.11 Å². The van der Waals surface area contributed by atoms with Gasteiger partial charge >= 0.3 is 0 Å². The van der Waals surface area contributed by atoms with Crippen molar-refractivity contribution in [2.24, 2.45) is 5.92 Å². The van der Waals surface area contributed by atoms with Gasteiger partial charge in [0.15, 0.2) is 0 Å². The van der Waals surface area contributed by atoms with Crippen LogP contribution in [0.5, 0.6) is 0 Å². The van der Waals surface area contributed by atoms with Gasteiger partial charge in [-0.3, -0.25) is 0 Å². The van der Waals surface area contributed by atoms with Crippen molar-refractivity contribution in [1.82, 2.24) is 4.31 Å². The summed E-state index contributed by atoms with van der Waals surface area (Å²) >= 11 is 0. The van der Waals surface area contributed by atoms with E-state index >= 15 is 0 Å². The van der Waals surface area contributed by atoms with Crippen LogP contribution in [-0.2, 0) is 10.0 Å². The Morgan fingerprint density at radius 1 is 1.43 bits per heavy atom. The van der Waals surface area contributed by atoms with Crippen molar-refractivity contribution in [3.63, 3.8) is 0 Å². The zero-order chi connectivity index (χ0) is 10.8. The molecular formula is C9H19NO3S. The van der Waals surface area contributed by atoms with E-state index in [2.05, 4.69) is 0 Å². The highest BCUT2D eigenvalue weighted by molar-refractivity contribution is 7.89. The first-order chi connectivity index (χ1) is 6.47. The molecule has 0 aromatic rings. The molecule has 1 rings (SSSR count). The first kappa shape index (κ1) is 11.9. The van der Waals surface area contributed by atoms with Crippen LogP contribution in [-0.4, -0.2) is 43.3 Å². The molecule has 4 nitrogen and oxygen atoms in total. The fraction of sp³-hybridized carbons (Fsp3) is 1.00. The van der Waals surface area contributed by atoms with Crippen molar-refractivity contribution in [3.8, 4) is 0 Å². The second-order valence-corrected chi connectivity index (χ2v) is 6.30. The lowest BCUT2D eigenvalue weighted by Gasteiger charge is -2.22. The molecule has 2 unspecified atom stereocenters. The molecule has 0 amide bonds. The van der Waals surface area contributed by atoms with Crippen molar-refractivity contribution < 1.29 is 13.5 Å². The van der Waals surface area contributed by atoms with Crippen LogP contribution in [0, 0.1) is 5.92 Å². The molecule has 5 heteroatoms. The second-order valence-electron chi connectivity index (χ2n) is 3.94. The molecule has 0 spiro atoms. The van der Waals surface area contributed by atoms with Crippen molar-refractivity contribution in [1.29, 1.82) is 0 Å². The molecule has 0 bridgehead atoms. The maximum atomic E-state index is 11.4. The third kappa shape index (κ3) is 2.68. The molecule has 1 aliphatic rings. The average Bonchev–Trinajstić information content (AvgIpc) is 2.52. The van der Waals surface area contributed by atoms with E-state index in [0.29, 0.717) is 6.54 Å². The lowest BCUT2D eigenvalue weighted by molar-refractivity contribution is 0.123. The minimum absolute atomic E-state index is 0.126. The fourth-order valence-corrected chi connectivity index (χ4v) is 2.75. The molecule has 0 saturated heterocycles. The van der Waals surface area contributed by atoms with Gasteiger partial charge in [-0.05, 0) is 25.7 Å². The van der Waals surface area contributed by atoms with E-state index in [0.717, 1.165) is 19.3 Å². The quantitative estimate of drug-likeness (QED) is 0.749. The van der Waals surface area contributed by atoms with Gasteiger partial charge in [-0.15, -0.1) is 0 Å². The highest BCUT2D eigenvalue weighted by atomic mass is 32.2. The molecular weight excluding hydrogens is 202 g/mol. The first-order valence-electron chi connectivity index (χ1n) is 5.09. The molecule has 84 valence electrons. The second kappa shape index (κ2) is 4.59. The Morgan fingerprint density at radius 2 is 2.07 bits per heavy atom. The molecule has 14 heavy (non-hydrogen) atoms. The first-order valence-corrected chi connectivity index (χ1v) is 6.70. The largest absolute Gasteiger partial charge is 0.393 e. The highest BCUT2D eigenvalue weighted by Gasteiger charge is 2.28. The summed E-state index contributed by atoms with van der Waals surface area (Å²) in [7, 11) is -1.50. The summed E-state index contributed by atoms with van der Waals surface area (Å²) in [6.07, 6.45) is 2.44. The van der Waals surface area contributed by atoms with Gasteiger partial charge in [0.2, 0.25) is 10.0 Å². The van der Waals surface area contributed by atoms with E-state index in [4.69, 9.17) is 0 Å². The van der Waals surface area contributed by atoms with Crippen LogP contribution < -0.4 is 0 Å². The van der Waals surface area contributed by atoms with Crippen LogP contribution in [0.4, 0.5) is 0 Å². The minimum atomic E-state index is -3.09. The Balaban J connectivity index is 2.52. The SMILES string of the molecule is CCS(=O)(=O)N(C)CC1CCCC1O. The molecule has 0 aliphatic heterocycles. The highest BCUT2D eigenvalue weighted by Crippen LogP contribution is 2.26. The van der Waals surface area contributed by atoms with Gasteiger partial charge in [-0.25, -0.2) is 12.7 Å². The van der Waals surface area contributed by atoms with E-state index in [1.807, 2.05) is 0 Å². The number of hydrogen-bond donors (Lipinski definition) is 1. The van der Waals surface area contributed by atoms with E-state index < -0.39 is 10.0 Å². The molecule has 0 heterocycles. The van der Waals surface area contributed by atoms with Gasteiger partial charge in [0.1, 0.15) is 0 Å². The van der Waals surface area contributed by atoms with Gasteiger partial charge in [-0.2, -0.15) is 0 Å². The van der Waals surface area contributed by atoms with E-state index in [9.17, 15) is 13.5 Å². The summed E-state index contributed by atoms with van der Waals surface area (Å²) in [4.78, 5) is 0. The molecule has 2 atom stereocenters. The Labute approximate surface area is 86.0 Å². The fourth-order valence-electron chi connectivity index (χ4n) is 1.89. The Hall–Kier alpha value is -0.130. The summed E-state index contributed by atoms with van der Waals surface area (Å²) in [5.41, 5.74) is 0. The van der Waals surface area contributed by atoms with Gasteiger partial charge in [0, 0.05) is 13.6 Å². The zero-order valence-corrected chi connectivity index (χ0v) is 9.63. The lowest BCUT2D eigenvalue weighted by Crippen LogP contribution is -2.35. The molecule has 0 radical (unpaired) electrons. The van der Waals surface area contributed by atoms with E-state index in [-0.39, 0.29) is 17.8 Å². The maximum Gasteiger partial charge on any atom is 0.213 e. The Morgan fingerprint density at radius 3 is 2.50 bits per heavy atom. The number of aliphatic hydroxyl groups is 1. The van der Waals surface area contributed by atoms with Crippen LogP contribution in [0.3, 0.4) is 0 Å². The average molecular weight is 221 g/mol. The van der Waals surface area contributed by atoms with Crippen molar-refractivity contribution >= 4 is 10.0 Å².